The van der Waals surface area contributed by atoms with Crippen molar-refractivity contribution in [3.05, 3.63) is 52.0 Å². The number of hydrogen-bond donors (Lipinski definition) is 1. The van der Waals surface area contributed by atoms with Gasteiger partial charge in [-0.25, -0.2) is 8.42 Å². The summed E-state index contributed by atoms with van der Waals surface area (Å²) in [6.07, 6.45) is -4.61. The van der Waals surface area contributed by atoms with Crippen molar-refractivity contribution in [2.24, 2.45) is 0 Å². The highest BCUT2D eigenvalue weighted by molar-refractivity contribution is 7.92. The summed E-state index contributed by atoms with van der Waals surface area (Å²) in [5.74, 6) is 0.508. The van der Waals surface area contributed by atoms with Crippen molar-refractivity contribution in [2.75, 3.05) is 11.8 Å². The Hall–Kier alpha value is -1.93. The van der Waals surface area contributed by atoms with Crippen LogP contribution in [0, 0.1) is 13.8 Å². The fourth-order valence-electron chi connectivity index (χ4n) is 2.26. The average Bonchev–Trinajstić information content (AvgIpc) is 2.50. The first-order valence-corrected chi connectivity index (χ1v) is 8.87. The number of nitrogens with one attached hydrogen (secondary N) is 1. The van der Waals surface area contributed by atoms with Gasteiger partial charge in [0.2, 0.25) is 0 Å². The number of alkyl halides is 3. The third kappa shape index (κ3) is 4.01. The fourth-order valence-corrected chi connectivity index (χ4v) is 3.86. The van der Waals surface area contributed by atoms with E-state index in [0.717, 1.165) is 12.1 Å². The van der Waals surface area contributed by atoms with E-state index in [1.165, 1.54) is 19.2 Å². The second-order valence-electron chi connectivity index (χ2n) is 5.31. The van der Waals surface area contributed by atoms with Gasteiger partial charge < -0.3 is 4.74 Å². The lowest BCUT2D eigenvalue weighted by atomic mass is 10.1. The number of sulfonamides is 1. The Morgan fingerprint density at radius 2 is 1.72 bits per heavy atom. The normalized spacial score (nSPS) is 12.1. The van der Waals surface area contributed by atoms with Gasteiger partial charge >= 0.3 is 6.18 Å². The Morgan fingerprint density at radius 1 is 1.08 bits per heavy atom. The molecule has 1 N–H and O–H groups in total. The van der Waals surface area contributed by atoms with E-state index >= 15 is 0 Å². The maximum Gasteiger partial charge on any atom is 0.416 e. The summed E-state index contributed by atoms with van der Waals surface area (Å²) in [5.41, 5.74) is -0.308. The largest absolute Gasteiger partial charge is 0.496 e. The highest BCUT2D eigenvalue weighted by atomic mass is 35.5. The van der Waals surface area contributed by atoms with Crippen LogP contribution in [-0.2, 0) is 16.2 Å². The maximum absolute atomic E-state index is 12.8. The molecule has 2 aromatic rings. The molecule has 2 aromatic carbocycles. The summed E-state index contributed by atoms with van der Waals surface area (Å²) in [7, 11) is -2.68. The Balaban J connectivity index is 2.49. The van der Waals surface area contributed by atoms with Crippen molar-refractivity contribution < 1.29 is 26.3 Å². The van der Waals surface area contributed by atoms with Gasteiger partial charge in [0.25, 0.3) is 10.0 Å². The van der Waals surface area contributed by atoms with Gasteiger partial charge in [-0.3, -0.25) is 4.72 Å². The second-order valence-corrected chi connectivity index (χ2v) is 7.37. The number of anilines is 1. The van der Waals surface area contributed by atoms with Crippen LogP contribution in [0.5, 0.6) is 5.75 Å². The molecule has 9 heteroatoms. The average molecular weight is 394 g/mol. The first kappa shape index (κ1) is 19.4. The van der Waals surface area contributed by atoms with Crippen LogP contribution in [0.25, 0.3) is 0 Å². The van der Waals surface area contributed by atoms with Gasteiger partial charge in [0.15, 0.2) is 0 Å². The molecule has 0 saturated heterocycles. The lowest BCUT2D eigenvalue weighted by Gasteiger charge is -2.16. The van der Waals surface area contributed by atoms with E-state index in [0.29, 0.717) is 22.9 Å². The molecule has 0 radical (unpaired) electrons. The van der Waals surface area contributed by atoms with Crippen molar-refractivity contribution in [2.45, 2.75) is 24.9 Å². The number of methoxy groups -OCH3 is 1. The summed E-state index contributed by atoms with van der Waals surface area (Å²) in [4.78, 5) is -0.0701. The van der Waals surface area contributed by atoms with E-state index in [-0.39, 0.29) is 15.6 Å². The summed E-state index contributed by atoms with van der Waals surface area (Å²) < 4.78 is 70.9. The zero-order chi connectivity index (χ0) is 19.0. The van der Waals surface area contributed by atoms with Gasteiger partial charge in [-0.2, -0.15) is 13.2 Å². The lowest BCUT2D eigenvalue weighted by Crippen LogP contribution is -2.16. The molecule has 25 heavy (non-hydrogen) atoms. The van der Waals surface area contributed by atoms with Crippen molar-refractivity contribution >= 4 is 27.3 Å². The van der Waals surface area contributed by atoms with E-state index in [9.17, 15) is 21.6 Å². The maximum atomic E-state index is 12.8. The molecule has 0 amide bonds. The van der Waals surface area contributed by atoms with Crippen LogP contribution >= 0.6 is 11.6 Å². The summed E-state index contributed by atoms with van der Waals surface area (Å²) >= 11 is 5.84. The SMILES string of the molecule is COc1ccc(S(=O)(=O)Nc2cc(C(F)(F)F)ccc2Cl)c(C)c1C. The van der Waals surface area contributed by atoms with Crippen LogP contribution < -0.4 is 9.46 Å². The number of benzene rings is 2. The third-order valence-corrected chi connectivity index (χ3v) is 5.57. The van der Waals surface area contributed by atoms with Gasteiger partial charge in [0.05, 0.1) is 28.3 Å². The first-order valence-electron chi connectivity index (χ1n) is 7.01. The summed E-state index contributed by atoms with van der Waals surface area (Å²) in [5, 5.41) is -0.139. The minimum absolute atomic E-state index is 0.0701. The van der Waals surface area contributed by atoms with E-state index < -0.39 is 21.8 Å². The molecule has 0 aliphatic rings. The zero-order valence-corrected chi connectivity index (χ0v) is 15.1. The van der Waals surface area contributed by atoms with Crippen molar-refractivity contribution in [3.63, 3.8) is 0 Å². The van der Waals surface area contributed by atoms with E-state index in [2.05, 4.69) is 4.72 Å². The Kier molecular flexibility index (Phi) is 5.24. The van der Waals surface area contributed by atoms with Crippen LogP contribution in [-0.4, -0.2) is 15.5 Å². The number of hydrogen-bond acceptors (Lipinski definition) is 3. The van der Waals surface area contributed by atoms with Gasteiger partial charge in [-0.1, -0.05) is 11.6 Å². The standard InChI is InChI=1S/C16H15ClF3NO3S/c1-9-10(2)15(7-6-14(9)24-3)25(22,23)21-13-8-11(16(18,19)20)4-5-12(13)17/h4-8,21H,1-3H3. The molecule has 0 aliphatic carbocycles. The molecule has 2 rings (SSSR count). The van der Waals surface area contributed by atoms with Gasteiger partial charge in [-0.15, -0.1) is 0 Å². The molecule has 0 atom stereocenters. The molecule has 0 saturated carbocycles. The van der Waals surface area contributed by atoms with E-state index in [4.69, 9.17) is 16.3 Å². The van der Waals surface area contributed by atoms with Crippen molar-refractivity contribution in [3.8, 4) is 5.75 Å². The molecular formula is C16H15ClF3NO3S. The molecule has 0 unspecified atom stereocenters. The minimum Gasteiger partial charge on any atom is -0.496 e. The molecular weight excluding hydrogens is 379 g/mol. The monoisotopic (exact) mass is 393 g/mol. The molecule has 0 fully saturated rings. The van der Waals surface area contributed by atoms with Crippen LogP contribution in [0.2, 0.25) is 5.02 Å². The molecule has 0 aliphatic heterocycles. The van der Waals surface area contributed by atoms with Crippen LogP contribution in [0.3, 0.4) is 0 Å². The van der Waals surface area contributed by atoms with Gasteiger partial charge in [0.1, 0.15) is 5.75 Å². The van der Waals surface area contributed by atoms with Crippen LogP contribution in [0.4, 0.5) is 18.9 Å². The Labute approximate surface area is 148 Å². The van der Waals surface area contributed by atoms with Crippen molar-refractivity contribution in [1.82, 2.24) is 0 Å². The molecule has 4 nitrogen and oxygen atoms in total. The van der Waals surface area contributed by atoms with Crippen LogP contribution in [0.1, 0.15) is 16.7 Å². The van der Waals surface area contributed by atoms with E-state index in [1.807, 2.05) is 0 Å². The fraction of sp³-hybridized carbons (Fsp3) is 0.250. The topological polar surface area (TPSA) is 55.4 Å². The quantitative estimate of drug-likeness (QED) is 0.812. The summed E-state index contributed by atoms with van der Waals surface area (Å²) in [6, 6.07) is 5.23. The predicted molar refractivity (Wildman–Crippen MR) is 89.7 cm³/mol. The van der Waals surface area contributed by atoms with Gasteiger partial charge in [-0.05, 0) is 55.3 Å². The molecule has 0 aromatic heterocycles. The van der Waals surface area contributed by atoms with Crippen molar-refractivity contribution in [1.29, 1.82) is 0 Å². The molecule has 0 bridgehead atoms. The van der Waals surface area contributed by atoms with E-state index in [1.54, 1.807) is 13.8 Å². The number of rotatable bonds is 4. The molecule has 136 valence electrons. The Morgan fingerprint density at radius 3 is 2.28 bits per heavy atom. The predicted octanol–water partition coefficient (Wildman–Crippen LogP) is 4.79. The molecule has 0 spiro atoms. The number of halogens is 4. The van der Waals surface area contributed by atoms with Crippen LogP contribution in [0.15, 0.2) is 35.2 Å². The number of ether oxygens (including phenoxy) is 1. The molecule has 0 heterocycles. The lowest BCUT2D eigenvalue weighted by molar-refractivity contribution is -0.137. The Bertz CT molecular complexity index is 912. The highest BCUT2D eigenvalue weighted by Crippen LogP contribution is 2.35. The minimum atomic E-state index is -4.61. The highest BCUT2D eigenvalue weighted by Gasteiger charge is 2.31. The van der Waals surface area contributed by atoms with Gasteiger partial charge in [0, 0.05) is 0 Å². The second kappa shape index (κ2) is 6.76. The zero-order valence-electron chi connectivity index (χ0n) is 13.5. The third-order valence-electron chi connectivity index (χ3n) is 3.74. The first-order chi connectivity index (χ1) is 11.5. The smallest absolute Gasteiger partial charge is 0.416 e. The summed E-state index contributed by atoms with van der Waals surface area (Å²) in [6.45, 7) is 3.27.